The van der Waals surface area contributed by atoms with E-state index in [0.29, 0.717) is 5.56 Å². The van der Waals surface area contributed by atoms with Crippen LogP contribution in [0, 0.1) is 16.0 Å². The van der Waals surface area contributed by atoms with Crippen molar-refractivity contribution in [3.63, 3.8) is 0 Å². The van der Waals surface area contributed by atoms with Crippen LogP contribution in [0.2, 0.25) is 0 Å². The van der Waals surface area contributed by atoms with Gasteiger partial charge in [0.15, 0.2) is 5.75 Å². The number of nitrogens with zero attached hydrogens (tertiary/aromatic N) is 1. The first kappa shape index (κ1) is 20.2. The van der Waals surface area contributed by atoms with Crippen LogP contribution in [0.1, 0.15) is 38.2 Å². The Balaban J connectivity index is 0.00000288. The molecule has 3 N–H and O–H groups in total. The van der Waals surface area contributed by atoms with Gasteiger partial charge in [-0.2, -0.15) is 0 Å². The van der Waals surface area contributed by atoms with E-state index in [1.54, 1.807) is 6.07 Å². The second kappa shape index (κ2) is 8.30. The lowest BCUT2D eigenvalue weighted by molar-refractivity contribution is -0.385. The number of nitrogens with one attached hydrogen (secondary N) is 1. The number of ether oxygens (including phenoxy) is 1. The number of nitro groups is 1. The van der Waals surface area contributed by atoms with E-state index < -0.39 is 10.5 Å². The van der Waals surface area contributed by atoms with Gasteiger partial charge in [0.1, 0.15) is 0 Å². The van der Waals surface area contributed by atoms with Crippen LogP contribution in [-0.2, 0) is 11.3 Å². The number of hydrogen-bond acceptors (Lipinski definition) is 5. The SMILES string of the molecule is COc1ccc(CNC(=O)C2CCCCC2(C)N)cc1[N+](=O)[O-].Cl. The van der Waals surface area contributed by atoms with Gasteiger partial charge in [0.2, 0.25) is 5.91 Å². The number of rotatable bonds is 5. The summed E-state index contributed by atoms with van der Waals surface area (Å²) in [4.78, 5) is 22.9. The van der Waals surface area contributed by atoms with Crippen LogP contribution in [0.3, 0.4) is 0 Å². The van der Waals surface area contributed by atoms with Crippen molar-refractivity contribution in [3.8, 4) is 5.75 Å². The van der Waals surface area contributed by atoms with E-state index in [1.807, 2.05) is 6.92 Å². The van der Waals surface area contributed by atoms with Crippen molar-refractivity contribution in [1.29, 1.82) is 0 Å². The number of methoxy groups -OCH3 is 1. The minimum Gasteiger partial charge on any atom is -0.490 e. The molecule has 1 aliphatic rings. The molecule has 0 spiro atoms. The Hall–Kier alpha value is -1.86. The summed E-state index contributed by atoms with van der Waals surface area (Å²) in [5, 5.41) is 13.9. The molecule has 0 saturated heterocycles. The van der Waals surface area contributed by atoms with Gasteiger partial charge >= 0.3 is 5.69 Å². The van der Waals surface area contributed by atoms with Crippen molar-refractivity contribution in [1.82, 2.24) is 5.32 Å². The predicted molar refractivity (Wildman–Crippen MR) is 93.3 cm³/mol. The Bertz CT molecular complexity index is 607. The highest BCUT2D eigenvalue weighted by molar-refractivity contribution is 5.85. The number of halogens is 1. The summed E-state index contributed by atoms with van der Waals surface area (Å²) in [5.74, 6) is -0.107. The lowest BCUT2D eigenvalue weighted by Gasteiger charge is -2.37. The molecule has 0 aromatic heterocycles. The fourth-order valence-electron chi connectivity index (χ4n) is 3.09. The topological polar surface area (TPSA) is 107 Å². The van der Waals surface area contributed by atoms with E-state index >= 15 is 0 Å². The lowest BCUT2D eigenvalue weighted by Crippen LogP contribution is -2.52. The molecule has 0 heterocycles. The Kier molecular flexibility index (Phi) is 6.98. The van der Waals surface area contributed by atoms with Crippen molar-refractivity contribution in [3.05, 3.63) is 33.9 Å². The van der Waals surface area contributed by atoms with Gasteiger partial charge in [-0.1, -0.05) is 18.9 Å². The van der Waals surface area contributed by atoms with Crippen LogP contribution in [0.4, 0.5) is 5.69 Å². The van der Waals surface area contributed by atoms with Crippen LogP contribution in [-0.4, -0.2) is 23.5 Å². The monoisotopic (exact) mass is 357 g/mol. The normalized spacial score (nSPS) is 23.0. The number of nitrogens with two attached hydrogens (primary N) is 1. The summed E-state index contributed by atoms with van der Waals surface area (Å²) in [7, 11) is 1.38. The summed E-state index contributed by atoms with van der Waals surface area (Å²) in [5.41, 5.74) is 6.28. The second-order valence-electron chi connectivity index (χ2n) is 6.29. The molecule has 0 aliphatic heterocycles. The molecule has 0 radical (unpaired) electrons. The van der Waals surface area contributed by atoms with Crippen molar-refractivity contribution >= 4 is 24.0 Å². The third-order valence-electron chi connectivity index (χ3n) is 4.48. The number of carbonyl (C=O) groups excluding carboxylic acids is 1. The van der Waals surface area contributed by atoms with Gasteiger partial charge in [0.25, 0.3) is 0 Å². The van der Waals surface area contributed by atoms with Crippen molar-refractivity contribution in [2.24, 2.45) is 11.7 Å². The third-order valence-corrected chi connectivity index (χ3v) is 4.48. The van der Waals surface area contributed by atoms with Crippen molar-refractivity contribution in [2.75, 3.05) is 7.11 Å². The number of carbonyl (C=O) groups is 1. The van der Waals surface area contributed by atoms with E-state index in [4.69, 9.17) is 10.5 Å². The fraction of sp³-hybridized carbons (Fsp3) is 0.562. The second-order valence-corrected chi connectivity index (χ2v) is 6.29. The molecular weight excluding hydrogens is 334 g/mol. The molecule has 24 heavy (non-hydrogen) atoms. The van der Waals surface area contributed by atoms with Gasteiger partial charge in [-0.15, -0.1) is 12.4 Å². The molecule has 1 aromatic carbocycles. The Labute approximate surface area is 147 Å². The van der Waals surface area contributed by atoms with Gasteiger partial charge < -0.3 is 15.8 Å². The molecule has 2 rings (SSSR count). The minimum atomic E-state index is -0.498. The van der Waals surface area contributed by atoms with E-state index in [1.165, 1.54) is 19.2 Å². The fourth-order valence-corrected chi connectivity index (χ4v) is 3.09. The lowest BCUT2D eigenvalue weighted by atomic mass is 9.74. The number of nitro benzene ring substituents is 1. The van der Waals surface area contributed by atoms with Gasteiger partial charge in [-0.05, 0) is 31.4 Å². The third kappa shape index (κ3) is 4.58. The molecule has 1 aliphatic carbocycles. The van der Waals surface area contributed by atoms with Gasteiger partial charge in [0.05, 0.1) is 18.0 Å². The molecule has 1 amide bonds. The first-order chi connectivity index (χ1) is 10.8. The molecule has 2 atom stereocenters. The smallest absolute Gasteiger partial charge is 0.311 e. The largest absolute Gasteiger partial charge is 0.490 e. The maximum atomic E-state index is 12.4. The first-order valence-corrected chi connectivity index (χ1v) is 7.73. The van der Waals surface area contributed by atoms with Gasteiger partial charge in [0, 0.05) is 18.2 Å². The maximum Gasteiger partial charge on any atom is 0.311 e. The number of benzene rings is 1. The summed E-state index contributed by atoms with van der Waals surface area (Å²) in [6.45, 7) is 2.14. The van der Waals surface area contributed by atoms with Crippen LogP contribution in [0.15, 0.2) is 18.2 Å². The number of hydrogen-bond donors (Lipinski definition) is 2. The summed E-state index contributed by atoms with van der Waals surface area (Å²) in [6.07, 6.45) is 3.65. The van der Waals surface area contributed by atoms with Crippen LogP contribution in [0.5, 0.6) is 5.75 Å². The highest BCUT2D eigenvalue weighted by Crippen LogP contribution is 2.32. The molecule has 2 unspecified atom stereocenters. The summed E-state index contributed by atoms with van der Waals surface area (Å²) >= 11 is 0. The van der Waals surface area contributed by atoms with Crippen LogP contribution >= 0.6 is 12.4 Å². The highest BCUT2D eigenvalue weighted by Gasteiger charge is 2.37. The van der Waals surface area contributed by atoms with E-state index in [2.05, 4.69) is 5.32 Å². The Morgan fingerprint density at radius 1 is 1.50 bits per heavy atom. The van der Waals surface area contributed by atoms with Gasteiger partial charge in [-0.25, -0.2) is 0 Å². The van der Waals surface area contributed by atoms with Crippen LogP contribution < -0.4 is 15.8 Å². The average Bonchev–Trinajstić information content (AvgIpc) is 2.51. The summed E-state index contributed by atoms with van der Waals surface area (Å²) in [6, 6.07) is 4.66. The molecular formula is C16H24ClN3O4. The zero-order valence-electron chi connectivity index (χ0n) is 13.9. The standard InChI is InChI=1S/C16H23N3O4.ClH/c1-16(17)8-4-3-5-12(16)15(20)18-10-11-6-7-14(23-2)13(9-11)19(21)22;/h6-7,9,12H,3-5,8,10,17H2,1-2H3,(H,18,20);1H. The van der Waals surface area contributed by atoms with E-state index in [9.17, 15) is 14.9 Å². The Morgan fingerprint density at radius 2 is 2.21 bits per heavy atom. The number of amides is 1. The van der Waals surface area contributed by atoms with Crippen molar-refractivity contribution < 1.29 is 14.5 Å². The molecule has 0 bridgehead atoms. The minimum absolute atomic E-state index is 0. The highest BCUT2D eigenvalue weighted by atomic mass is 35.5. The summed E-state index contributed by atoms with van der Waals surface area (Å²) < 4.78 is 4.96. The van der Waals surface area contributed by atoms with Crippen LogP contribution in [0.25, 0.3) is 0 Å². The zero-order valence-corrected chi connectivity index (χ0v) is 14.7. The predicted octanol–water partition coefficient (Wildman–Crippen LogP) is 2.55. The molecule has 1 aromatic rings. The zero-order chi connectivity index (χ0) is 17.0. The van der Waals surface area contributed by atoms with E-state index in [-0.39, 0.29) is 42.2 Å². The van der Waals surface area contributed by atoms with E-state index in [0.717, 1.165) is 25.7 Å². The molecule has 7 nitrogen and oxygen atoms in total. The molecule has 134 valence electrons. The van der Waals surface area contributed by atoms with Crippen molar-refractivity contribution in [2.45, 2.75) is 44.7 Å². The van der Waals surface area contributed by atoms with Gasteiger partial charge in [-0.3, -0.25) is 14.9 Å². The molecule has 8 heteroatoms. The quantitative estimate of drug-likeness (QED) is 0.622. The molecule has 1 saturated carbocycles. The average molecular weight is 358 g/mol. The maximum absolute atomic E-state index is 12.4. The molecule has 1 fully saturated rings. The Morgan fingerprint density at radius 3 is 2.79 bits per heavy atom. The first-order valence-electron chi connectivity index (χ1n) is 7.73.